The van der Waals surface area contributed by atoms with Crippen LogP contribution >= 0.6 is 35.0 Å². The summed E-state index contributed by atoms with van der Waals surface area (Å²) in [5, 5.41) is 4.95. The van der Waals surface area contributed by atoms with E-state index in [9.17, 15) is 13.2 Å². The number of amides is 1. The monoisotopic (exact) mass is 524 g/mol. The van der Waals surface area contributed by atoms with E-state index in [0.717, 1.165) is 18.8 Å². The normalized spacial score (nSPS) is 23.9. The first-order chi connectivity index (χ1) is 15.8. The topological polar surface area (TPSA) is 82.1 Å². The molecule has 174 valence electrons. The second-order valence-corrected chi connectivity index (χ2v) is 12.5. The Morgan fingerprint density at radius 3 is 2.58 bits per heavy atom. The van der Waals surface area contributed by atoms with Gasteiger partial charge in [-0.1, -0.05) is 41.0 Å². The summed E-state index contributed by atoms with van der Waals surface area (Å²) < 4.78 is 23.5. The van der Waals surface area contributed by atoms with Crippen LogP contribution in [0.4, 0.5) is 11.4 Å². The van der Waals surface area contributed by atoms with E-state index >= 15 is 0 Å². The van der Waals surface area contributed by atoms with E-state index in [1.165, 1.54) is 11.8 Å². The third-order valence-electron chi connectivity index (χ3n) is 6.01. The molecule has 5 rings (SSSR count). The van der Waals surface area contributed by atoms with Gasteiger partial charge in [0.15, 0.2) is 15.0 Å². The molecule has 33 heavy (non-hydrogen) atoms. The van der Waals surface area contributed by atoms with Crippen LogP contribution in [0.1, 0.15) is 10.4 Å². The van der Waals surface area contributed by atoms with Crippen molar-refractivity contribution in [3.63, 3.8) is 0 Å². The number of amidine groups is 1. The number of aliphatic imine (C=N–C) groups is 1. The Hall–Kier alpha value is -1.94. The molecule has 0 spiro atoms. The Labute approximate surface area is 207 Å². The Morgan fingerprint density at radius 2 is 1.85 bits per heavy atom. The van der Waals surface area contributed by atoms with Gasteiger partial charge in [-0.3, -0.25) is 9.79 Å². The number of nitrogens with zero attached hydrogens (tertiary/aromatic N) is 3. The molecule has 0 saturated carbocycles. The number of benzene rings is 2. The smallest absolute Gasteiger partial charge is 0.254 e. The molecule has 0 aliphatic carbocycles. The minimum absolute atomic E-state index is 0.0514. The van der Waals surface area contributed by atoms with Gasteiger partial charge in [-0.2, -0.15) is 0 Å². The fourth-order valence-corrected chi connectivity index (χ4v) is 8.33. The van der Waals surface area contributed by atoms with Crippen molar-refractivity contribution in [3.8, 4) is 0 Å². The van der Waals surface area contributed by atoms with E-state index < -0.39 is 9.84 Å². The van der Waals surface area contributed by atoms with Gasteiger partial charge in [-0.15, -0.1) is 0 Å². The quantitative estimate of drug-likeness (QED) is 0.659. The van der Waals surface area contributed by atoms with Crippen LogP contribution in [-0.2, 0) is 9.84 Å². The van der Waals surface area contributed by atoms with Gasteiger partial charge in [-0.05, 0) is 36.4 Å². The number of thioether (sulfide) groups is 1. The van der Waals surface area contributed by atoms with E-state index in [0.29, 0.717) is 39.6 Å². The van der Waals surface area contributed by atoms with Gasteiger partial charge in [-0.25, -0.2) is 8.42 Å². The summed E-state index contributed by atoms with van der Waals surface area (Å²) in [7, 11) is -3.01. The molecule has 11 heteroatoms. The van der Waals surface area contributed by atoms with E-state index in [1.54, 1.807) is 18.2 Å². The highest BCUT2D eigenvalue weighted by atomic mass is 35.5. The summed E-state index contributed by atoms with van der Waals surface area (Å²) in [6, 6.07) is 12.7. The number of hydrogen-bond acceptors (Lipinski definition) is 7. The second-order valence-electron chi connectivity index (χ2n) is 8.31. The maximum absolute atomic E-state index is 13.1. The number of rotatable bonds is 3. The first-order valence-electron chi connectivity index (χ1n) is 10.6. The summed E-state index contributed by atoms with van der Waals surface area (Å²) in [5.74, 6) is 0.178. The van der Waals surface area contributed by atoms with Crippen LogP contribution in [0.3, 0.4) is 0 Å². The fourth-order valence-electron chi connectivity index (χ4n) is 4.31. The number of nitrogens with one attached hydrogen (secondary N) is 1. The molecule has 1 N–H and O–H groups in total. The molecule has 3 aliphatic heterocycles. The van der Waals surface area contributed by atoms with Crippen molar-refractivity contribution in [2.75, 3.05) is 47.9 Å². The molecule has 2 unspecified atom stereocenters. The Balaban J connectivity index is 1.24. The average molecular weight is 525 g/mol. The molecule has 0 radical (unpaired) electrons. The highest BCUT2D eigenvalue weighted by molar-refractivity contribution is 8.15. The predicted octanol–water partition coefficient (Wildman–Crippen LogP) is 3.64. The zero-order valence-corrected chi connectivity index (χ0v) is 20.7. The molecule has 0 bridgehead atoms. The van der Waals surface area contributed by atoms with Crippen molar-refractivity contribution in [1.29, 1.82) is 0 Å². The molecule has 2 aromatic rings. The molecule has 2 saturated heterocycles. The van der Waals surface area contributed by atoms with Crippen LogP contribution in [0.15, 0.2) is 47.5 Å². The van der Waals surface area contributed by atoms with E-state index in [1.807, 2.05) is 29.2 Å². The van der Waals surface area contributed by atoms with Crippen molar-refractivity contribution < 1.29 is 13.2 Å². The third-order valence-corrected chi connectivity index (χ3v) is 9.72. The van der Waals surface area contributed by atoms with Gasteiger partial charge in [0.05, 0.1) is 28.3 Å². The number of carbonyl (C=O) groups is 1. The lowest BCUT2D eigenvalue weighted by Crippen LogP contribution is -2.48. The summed E-state index contributed by atoms with van der Waals surface area (Å²) in [5.41, 5.74) is 2.19. The highest BCUT2D eigenvalue weighted by Crippen LogP contribution is 2.35. The van der Waals surface area contributed by atoms with Gasteiger partial charge in [0.2, 0.25) is 0 Å². The van der Waals surface area contributed by atoms with Crippen molar-refractivity contribution >= 4 is 67.3 Å². The molecule has 3 heterocycles. The lowest BCUT2D eigenvalue weighted by molar-refractivity contribution is 0.0747. The lowest BCUT2D eigenvalue weighted by atomic mass is 10.1. The van der Waals surface area contributed by atoms with E-state index in [2.05, 4.69) is 15.2 Å². The van der Waals surface area contributed by atoms with E-state index in [4.69, 9.17) is 23.2 Å². The van der Waals surface area contributed by atoms with Crippen LogP contribution in [0.2, 0.25) is 10.0 Å². The van der Waals surface area contributed by atoms with Crippen LogP contribution in [0.5, 0.6) is 0 Å². The van der Waals surface area contributed by atoms with Gasteiger partial charge in [0, 0.05) is 47.7 Å². The number of fused-ring (bicyclic) bond motifs is 1. The number of hydrogen-bond donors (Lipinski definition) is 1. The average Bonchev–Trinajstić information content (AvgIpc) is 3.27. The minimum atomic E-state index is -3.01. The first kappa shape index (κ1) is 22.8. The highest BCUT2D eigenvalue weighted by Gasteiger charge is 2.42. The third kappa shape index (κ3) is 4.96. The molecule has 2 fully saturated rings. The lowest BCUT2D eigenvalue weighted by Gasteiger charge is -2.36. The molecule has 3 aliphatic rings. The molecular weight excluding hydrogens is 503 g/mol. The molecule has 7 nitrogen and oxygen atoms in total. The van der Waals surface area contributed by atoms with Gasteiger partial charge >= 0.3 is 0 Å². The summed E-state index contributed by atoms with van der Waals surface area (Å²) in [4.78, 5) is 21.7. The molecular formula is C22H22Cl2N4O3S2. The molecule has 2 aromatic carbocycles. The number of piperazine rings is 1. The van der Waals surface area contributed by atoms with E-state index in [-0.39, 0.29) is 28.7 Å². The number of anilines is 2. The van der Waals surface area contributed by atoms with Crippen LogP contribution in [0.25, 0.3) is 0 Å². The molecule has 0 aromatic heterocycles. The summed E-state index contributed by atoms with van der Waals surface area (Å²) >= 11 is 13.9. The SMILES string of the molecule is O=C(c1ccc(Cl)c(NC2=NC3CS(=O)(=O)CC3S2)c1)N1CCN(c2cccc(Cl)c2)CC1. The zero-order chi connectivity index (χ0) is 23.2. The van der Waals surface area contributed by atoms with Gasteiger partial charge in [0.1, 0.15) is 0 Å². The van der Waals surface area contributed by atoms with Gasteiger partial charge in [0.25, 0.3) is 5.91 Å². The number of sulfone groups is 1. The standard InChI is InChI=1S/C22H22Cl2N4O3S2/c23-15-2-1-3-16(11-15)27-6-8-28(9-7-27)21(29)14-4-5-17(24)18(10-14)25-22-26-19-12-33(30,31)13-20(19)32-22/h1-5,10-11,19-20H,6-9,12-13H2,(H,25,26). The largest absolute Gasteiger partial charge is 0.368 e. The first-order valence-corrected chi connectivity index (χ1v) is 14.0. The van der Waals surface area contributed by atoms with Crippen LogP contribution < -0.4 is 10.2 Å². The minimum Gasteiger partial charge on any atom is -0.368 e. The second kappa shape index (κ2) is 9.02. The number of carbonyl (C=O) groups excluding carboxylic acids is 1. The van der Waals surface area contributed by atoms with Crippen molar-refractivity contribution in [1.82, 2.24) is 4.90 Å². The molecule has 2 atom stereocenters. The van der Waals surface area contributed by atoms with Crippen molar-refractivity contribution in [2.45, 2.75) is 11.3 Å². The summed E-state index contributed by atoms with van der Waals surface area (Å²) in [6.45, 7) is 2.67. The Kier molecular flexibility index (Phi) is 6.24. The van der Waals surface area contributed by atoms with Crippen LogP contribution in [0, 0.1) is 0 Å². The maximum atomic E-state index is 13.1. The Bertz CT molecular complexity index is 1230. The fraction of sp³-hybridized carbons (Fsp3) is 0.364. The van der Waals surface area contributed by atoms with Crippen LogP contribution in [-0.4, -0.2) is 73.4 Å². The van der Waals surface area contributed by atoms with Crippen molar-refractivity contribution in [2.24, 2.45) is 4.99 Å². The zero-order valence-electron chi connectivity index (χ0n) is 17.6. The number of halogens is 2. The van der Waals surface area contributed by atoms with Crippen molar-refractivity contribution in [3.05, 3.63) is 58.1 Å². The maximum Gasteiger partial charge on any atom is 0.254 e. The predicted molar refractivity (Wildman–Crippen MR) is 136 cm³/mol. The summed E-state index contributed by atoms with van der Waals surface area (Å²) in [6.07, 6.45) is 0. The molecule has 1 amide bonds. The Morgan fingerprint density at radius 1 is 1.06 bits per heavy atom. The van der Waals surface area contributed by atoms with Gasteiger partial charge < -0.3 is 15.1 Å².